The average Bonchev–Trinajstić information content (AvgIpc) is 3.16. The Morgan fingerprint density at radius 1 is 1.37 bits per heavy atom. The number of halogens is 1. The summed E-state index contributed by atoms with van der Waals surface area (Å²) < 4.78 is 15.0. The van der Waals surface area contributed by atoms with Crippen molar-refractivity contribution in [2.24, 2.45) is 13.0 Å². The Morgan fingerprint density at radius 3 is 2.93 bits per heavy atom. The number of hydrogen-bond acceptors (Lipinski definition) is 5. The van der Waals surface area contributed by atoms with Gasteiger partial charge in [0.2, 0.25) is 11.9 Å². The predicted octanol–water partition coefficient (Wildman–Crippen LogP) is 2.46. The summed E-state index contributed by atoms with van der Waals surface area (Å²) in [6.45, 7) is 0. The van der Waals surface area contributed by atoms with Gasteiger partial charge in [0, 0.05) is 25.5 Å². The lowest BCUT2D eigenvalue weighted by Crippen LogP contribution is -2.44. The largest absolute Gasteiger partial charge is 0.333 e. The molecule has 140 valence electrons. The first kappa shape index (κ1) is 16.4. The highest BCUT2D eigenvalue weighted by molar-refractivity contribution is 5.84. The fourth-order valence-electron chi connectivity index (χ4n) is 4.19. The maximum atomic E-state index is 13.3. The summed E-state index contributed by atoms with van der Waals surface area (Å²) in [5, 5.41) is 7.28. The predicted molar refractivity (Wildman–Crippen MR) is 97.8 cm³/mol. The Hall–Kier alpha value is -2.77. The summed E-state index contributed by atoms with van der Waals surface area (Å²) in [5.41, 5.74) is 2.83. The van der Waals surface area contributed by atoms with E-state index < -0.39 is 12.1 Å². The molecule has 0 aromatic carbocycles. The summed E-state index contributed by atoms with van der Waals surface area (Å²) >= 11 is 0. The second kappa shape index (κ2) is 6.14. The molecule has 2 aromatic heterocycles. The fourth-order valence-corrected chi connectivity index (χ4v) is 4.19. The highest BCUT2D eigenvalue weighted by atomic mass is 19.1. The number of amides is 1. The molecule has 0 spiro atoms. The van der Waals surface area contributed by atoms with Crippen LogP contribution in [0.3, 0.4) is 0 Å². The normalized spacial score (nSPS) is 28.8. The van der Waals surface area contributed by atoms with E-state index in [9.17, 15) is 9.18 Å². The van der Waals surface area contributed by atoms with Gasteiger partial charge in [0.25, 0.3) is 0 Å². The number of fused-ring (bicyclic) bond motifs is 2. The topological polar surface area (TPSA) is 75.9 Å². The Labute approximate surface area is 156 Å². The molecular formula is C19H21FN6O. The van der Waals surface area contributed by atoms with Crippen molar-refractivity contribution in [3.8, 4) is 0 Å². The molecule has 1 unspecified atom stereocenters. The number of carbonyl (C=O) groups excluding carboxylic acids is 1. The monoisotopic (exact) mass is 368 g/mol. The van der Waals surface area contributed by atoms with Crippen LogP contribution in [0, 0.1) is 5.92 Å². The third kappa shape index (κ3) is 2.98. The highest BCUT2D eigenvalue weighted by Gasteiger charge is 2.50. The number of nitrogens with zero attached hydrogens (tertiary/aromatic N) is 5. The second-order valence-corrected chi connectivity index (χ2v) is 7.59. The van der Waals surface area contributed by atoms with E-state index in [1.165, 1.54) is 0 Å². The van der Waals surface area contributed by atoms with Crippen molar-refractivity contribution in [2.75, 3.05) is 5.32 Å². The molecule has 4 heterocycles. The molecule has 1 saturated heterocycles. The first-order valence-electron chi connectivity index (χ1n) is 9.34. The van der Waals surface area contributed by atoms with Gasteiger partial charge in [-0.3, -0.25) is 9.48 Å². The quantitative estimate of drug-likeness (QED) is 0.897. The van der Waals surface area contributed by atoms with E-state index in [0.29, 0.717) is 12.4 Å². The summed E-state index contributed by atoms with van der Waals surface area (Å²) in [6.07, 6.45) is 9.56. The van der Waals surface area contributed by atoms with Gasteiger partial charge in [-0.1, -0.05) is 6.08 Å². The van der Waals surface area contributed by atoms with E-state index in [2.05, 4.69) is 26.5 Å². The number of alkyl halides is 1. The number of rotatable bonds is 4. The lowest BCUT2D eigenvalue weighted by atomic mass is 9.98. The molecule has 7 nitrogen and oxygen atoms in total. The zero-order chi connectivity index (χ0) is 18.5. The fraction of sp³-hybridized carbons (Fsp3) is 0.474. The summed E-state index contributed by atoms with van der Waals surface area (Å²) in [7, 11) is 1.85. The molecule has 1 N–H and O–H groups in total. The molecular weight excluding hydrogens is 347 g/mol. The third-order valence-corrected chi connectivity index (χ3v) is 5.63. The molecule has 2 aromatic rings. The third-order valence-electron chi connectivity index (χ3n) is 5.63. The van der Waals surface area contributed by atoms with Gasteiger partial charge < -0.3 is 10.2 Å². The van der Waals surface area contributed by atoms with Gasteiger partial charge in [-0.2, -0.15) is 5.10 Å². The van der Waals surface area contributed by atoms with Crippen LogP contribution in [-0.2, 0) is 11.8 Å². The number of anilines is 2. The van der Waals surface area contributed by atoms with Crippen molar-refractivity contribution in [3.63, 3.8) is 0 Å². The van der Waals surface area contributed by atoms with E-state index >= 15 is 0 Å². The first-order valence-corrected chi connectivity index (χ1v) is 9.34. The number of nitrogens with one attached hydrogen (secondary N) is 1. The molecule has 27 heavy (non-hydrogen) atoms. The van der Waals surface area contributed by atoms with Crippen molar-refractivity contribution >= 4 is 23.1 Å². The van der Waals surface area contributed by atoms with Gasteiger partial charge in [-0.15, -0.1) is 0 Å². The molecule has 2 fully saturated rings. The molecule has 4 atom stereocenters. The van der Waals surface area contributed by atoms with E-state index in [1.54, 1.807) is 17.1 Å². The Balaban J connectivity index is 1.36. The first-order chi connectivity index (χ1) is 13.1. The molecule has 1 amide bonds. The van der Waals surface area contributed by atoms with Crippen molar-refractivity contribution in [1.82, 2.24) is 24.6 Å². The zero-order valence-electron chi connectivity index (χ0n) is 15.0. The van der Waals surface area contributed by atoms with E-state index in [1.807, 2.05) is 24.2 Å². The minimum absolute atomic E-state index is 0.00748. The maximum absolute atomic E-state index is 13.3. The number of hydrogen-bond donors (Lipinski definition) is 1. The van der Waals surface area contributed by atoms with E-state index in [0.717, 1.165) is 36.2 Å². The second-order valence-electron chi connectivity index (χ2n) is 7.59. The van der Waals surface area contributed by atoms with Crippen molar-refractivity contribution in [2.45, 2.75) is 43.9 Å². The van der Waals surface area contributed by atoms with Crippen LogP contribution in [0.1, 0.15) is 31.4 Å². The summed E-state index contributed by atoms with van der Waals surface area (Å²) in [6, 6.07) is 2.11. The van der Waals surface area contributed by atoms with Gasteiger partial charge in [0.15, 0.2) is 0 Å². The van der Waals surface area contributed by atoms with Crippen LogP contribution in [0.15, 0.2) is 30.7 Å². The standard InChI is InChI=1S/C19H21FN6O/c1-25-10-12(9-22-25)23-19-21-5-4-17(24-19)11-6-13-2-3-14(7-11)26(13)18(27)15-8-16(15)20/h4-6,9-10,13-16H,2-3,7-8H2,1H3,(H,21,23,24)/t13-,14+,15?,16+/m0/s1. The van der Waals surface area contributed by atoms with Crippen molar-refractivity contribution < 1.29 is 9.18 Å². The highest BCUT2D eigenvalue weighted by Crippen LogP contribution is 2.43. The van der Waals surface area contributed by atoms with E-state index in [4.69, 9.17) is 0 Å². The minimum atomic E-state index is -0.940. The lowest BCUT2D eigenvalue weighted by molar-refractivity contribution is -0.135. The number of aromatic nitrogens is 4. The number of carbonyl (C=O) groups is 1. The van der Waals surface area contributed by atoms with Gasteiger partial charge in [0.05, 0.1) is 29.5 Å². The van der Waals surface area contributed by atoms with Crippen molar-refractivity contribution in [3.05, 3.63) is 36.4 Å². The minimum Gasteiger partial charge on any atom is -0.333 e. The summed E-state index contributed by atoms with van der Waals surface area (Å²) in [5.74, 6) is 0.106. The van der Waals surface area contributed by atoms with Gasteiger partial charge in [-0.25, -0.2) is 14.4 Å². The van der Waals surface area contributed by atoms with Crippen LogP contribution < -0.4 is 5.32 Å². The summed E-state index contributed by atoms with van der Waals surface area (Å²) in [4.78, 5) is 23.4. The average molecular weight is 368 g/mol. The Bertz CT molecular complexity index is 924. The maximum Gasteiger partial charge on any atom is 0.229 e. The molecule has 5 rings (SSSR count). The Kier molecular flexibility index (Phi) is 3.73. The van der Waals surface area contributed by atoms with Crippen LogP contribution >= 0.6 is 0 Å². The molecule has 1 aliphatic carbocycles. The molecule has 1 saturated carbocycles. The molecule has 2 bridgehead atoms. The van der Waals surface area contributed by atoms with Gasteiger partial charge in [0.1, 0.15) is 6.17 Å². The zero-order valence-corrected chi connectivity index (χ0v) is 15.0. The lowest BCUT2D eigenvalue weighted by Gasteiger charge is -2.34. The Morgan fingerprint density at radius 2 is 2.22 bits per heavy atom. The molecule has 3 aliphatic rings. The molecule has 0 radical (unpaired) electrons. The number of aryl methyl sites for hydroxylation is 1. The van der Waals surface area contributed by atoms with Crippen LogP contribution in [-0.4, -0.2) is 48.8 Å². The molecule has 8 heteroatoms. The molecule has 2 aliphatic heterocycles. The van der Waals surface area contributed by atoms with Crippen LogP contribution in [0.4, 0.5) is 16.0 Å². The SMILES string of the molecule is Cn1cc(Nc2nccc(C3=C[C@@H]4CC[C@H](C3)N4C(=O)C3C[C@H]3F)n2)cn1. The van der Waals surface area contributed by atoms with Crippen LogP contribution in [0.25, 0.3) is 5.57 Å². The smallest absolute Gasteiger partial charge is 0.229 e. The van der Waals surface area contributed by atoms with Gasteiger partial charge >= 0.3 is 0 Å². The van der Waals surface area contributed by atoms with E-state index in [-0.39, 0.29) is 18.0 Å². The van der Waals surface area contributed by atoms with Crippen LogP contribution in [0.2, 0.25) is 0 Å². The van der Waals surface area contributed by atoms with Crippen molar-refractivity contribution in [1.29, 1.82) is 0 Å². The van der Waals surface area contributed by atoms with Gasteiger partial charge in [-0.05, 0) is 37.3 Å². The van der Waals surface area contributed by atoms with Crippen LogP contribution in [0.5, 0.6) is 0 Å².